The highest BCUT2D eigenvalue weighted by atomic mass is 32.2. The van der Waals surface area contributed by atoms with Crippen LogP contribution >= 0.6 is 11.8 Å². The van der Waals surface area contributed by atoms with Crippen LogP contribution in [0.4, 0.5) is 0 Å². The van der Waals surface area contributed by atoms with E-state index in [0.29, 0.717) is 29.3 Å². The van der Waals surface area contributed by atoms with Crippen LogP contribution in [0.5, 0.6) is 0 Å². The predicted molar refractivity (Wildman–Crippen MR) is 117 cm³/mol. The molecule has 2 heterocycles. The number of esters is 1. The number of para-hydroxylation sites is 1. The zero-order valence-electron chi connectivity index (χ0n) is 17.3. The second-order valence-corrected chi connectivity index (χ2v) is 8.19. The first-order valence-corrected chi connectivity index (χ1v) is 10.7. The number of methoxy groups -OCH3 is 1. The Morgan fingerprint density at radius 1 is 1.30 bits per heavy atom. The van der Waals surface area contributed by atoms with Gasteiger partial charge in [-0.15, -0.1) is 16.8 Å². The number of benzene rings is 1. The number of fused-ring (bicyclic) bond motifs is 3. The fraction of sp³-hybridized carbons (Fsp3) is 0.381. The molecule has 0 fully saturated rings. The summed E-state index contributed by atoms with van der Waals surface area (Å²) in [4.78, 5) is 28.9. The van der Waals surface area contributed by atoms with E-state index in [0.717, 1.165) is 10.9 Å². The summed E-state index contributed by atoms with van der Waals surface area (Å²) >= 11 is 1.17. The van der Waals surface area contributed by atoms with Crippen molar-refractivity contribution < 1.29 is 14.3 Å². The molecule has 0 saturated heterocycles. The van der Waals surface area contributed by atoms with Gasteiger partial charge in [-0.25, -0.2) is 9.78 Å². The summed E-state index contributed by atoms with van der Waals surface area (Å²) in [5.41, 5.74) is 2.41. The topological polar surface area (TPSA) is 99.0 Å². The minimum absolute atomic E-state index is 0.0699. The summed E-state index contributed by atoms with van der Waals surface area (Å²) in [6.07, 6.45) is 2.31. The number of hydrogen-bond acceptors (Lipinski definition) is 7. The molecule has 3 aromatic rings. The molecule has 30 heavy (non-hydrogen) atoms. The van der Waals surface area contributed by atoms with Crippen molar-refractivity contribution in [2.45, 2.75) is 38.0 Å². The average molecular weight is 428 g/mol. The first-order chi connectivity index (χ1) is 14.4. The van der Waals surface area contributed by atoms with Gasteiger partial charge < -0.3 is 14.6 Å². The summed E-state index contributed by atoms with van der Waals surface area (Å²) < 4.78 is 6.80. The van der Waals surface area contributed by atoms with Gasteiger partial charge >= 0.3 is 5.97 Å². The van der Waals surface area contributed by atoms with Crippen molar-refractivity contribution in [1.82, 2.24) is 25.1 Å². The summed E-state index contributed by atoms with van der Waals surface area (Å²) in [6.45, 7) is 8.37. The number of nitrogens with zero attached hydrogens (tertiary/aromatic N) is 4. The number of hydrogen-bond donors (Lipinski definition) is 1. The third kappa shape index (κ3) is 4.79. The highest BCUT2D eigenvalue weighted by Gasteiger charge is 2.23. The lowest BCUT2D eigenvalue weighted by atomic mass is 10.0. The Kier molecular flexibility index (Phi) is 7.04. The second-order valence-electron chi connectivity index (χ2n) is 7.24. The lowest BCUT2D eigenvalue weighted by Gasteiger charge is -2.18. The number of allylic oxidation sites excluding steroid dienone is 1. The van der Waals surface area contributed by atoms with Crippen LogP contribution in [0.15, 0.2) is 42.1 Å². The largest absolute Gasteiger partial charge is 0.467 e. The van der Waals surface area contributed by atoms with Crippen molar-refractivity contribution in [2.24, 2.45) is 5.92 Å². The van der Waals surface area contributed by atoms with E-state index >= 15 is 0 Å². The van der Waals surface area contributed by atoms with E-state index in [1.807, 2.05) is 42.7 Å². The molecule has 2 aromatic heterocycles. The molecule has 0 radical (unpaired) electrons. The van der Waals surface area contributed by atoms with Gasteiger partial charge in [0.05, 0.1) is 18.4 Å². The molecule has 1 atom stereocenters. The third-order valence-corrected chi connectivity index (χ3v) is 5.36. The van der Waals surface area contributed by atoms with E-state index < -0.39 is 12.0 Å². The molecule has 1 unspecified atom stereocenters. The number of carbonyl (C=O) groups excluding carboxylic acids is 2. The maximum atomic E-state index is 12.4. The molecule has 0 saturated carbocycles. The van der Waals surface area contributed by atoms with Crippen LogP contribution in [0.1, 0.15) is 20.3 Å². The van der Waals surface area contributed by atoms with Crippen molar-refractivity contribution in [2.75, 3.05) is 12.9 Å². The van der Waals surface area contributed by atoms with Gasteiger partial charge in [-0.2, -0.15) is 0 Å². The monoisotopic (exact) mass is 427 g/mol. The molecule has 3 rings (SSSR count). The highest BCUT2D eigenvalue weighted by Crippen LogP contribution is 2.27. The van der Waals surface area contributed by atoms with Crippen molar-refractivity contribution in [3.63, 3.8) is 0 Å². The number of aromatic nitrogens is 4. The first-order valence-electron chi connectivity index (χ1n) is 9.67. The molecule has 9 heteroatoms. The van der Waals surface area contributed by atoms with Crippen molar-refractivity contribution in [3.05, 3.63) is 36.9 Å². The Hall–Kier alpha value is -2.94. The smallest absolute Gasteiger partial charge is 0.328 e. The molecule has 0 aliphatic carbocycles. The Balaban J connectivity index is 1.77. The van der Waals surface area contributed by atoms with Gasteiger partial charge in [0.25, 0.3) is 0 Å². The molecule has 158 valence electrons. The minimum Gasteiger partial charge on any atom is -0.467 e. The van der Waals surface area contributed by atoms with Gasteiger partial charge in [-0.3, -0.25) is 4.79 Å². The maximum absolute atomic E-state index is 12.4. The number of amides is 1. The predicted octanol–water partition coefficient (Wildman–Crippen LogP) is 2.96. The van der Waals surface area contributed by atoms with E-state index in [1.54, 1.807) is 6.08 Å². The summed E-state index contributed by atoms with van der Waals surface area (Å²) in [5.74, 6) is -0.425. The zero-order chi connectivity index (χ0) is 21.7. The minimum atomic E-state index is -0.667. The Morgan fingerprint density at radius 3 is 2.77 bits per heavy atom. The lowest BCUT2D eigenvalue weighted by Crippen LogP contribution is -2.43. The molecular formula is C21H25N5O3S. The van der Waals surface area contributed by atoms with Crippen molar-refractivity contribution in [1.29, 1.82) is 0 Å². The Labute approximate surface area is 179 Å². The molecule has 1 aromatic carbocycles. The molecule has 1 N–H and O–H groups in total. The van der Waals surface area contributed by atoms with E-state index in [4.69, 9.17) is 4.74 Å². The van der Waals surface area contributed by atoms with Gasteiger partial charge in [0.2, 0.25) is 11.1 Å². The van der Waals surface area contributed by atoms with Gasteiger partial charge in [-0.05, 0) is 18.4 Å². The number of thioether (sulfide) groups is 1. The molecule has 0 aliphatic heterocycles. The number of ether oxygens (including phenoxy) is 1. The Morgan fingerprint density at radius 2 is 2.07 bits per heavy atom. The first kappa shape index (κ1) is 21.8. The van der Waals surface area contributed by atoms with Gasteiger partial charge in [0, 0.05) is 11.9 Å². The fourth-order valence-corrected chi connectivity index (χ4v) is 3.85. The van der Waals surface area contributed by atoms with Crippen LogP contribution in [-0.4, -0.2) is 50.5 Å². The zero-order valence-corrected chi connectivity index (χ0v) is 18.1. The van der Waals surface area contributed by atoms with Crippen LogP contribution in [-0.2, 0) is 20.9 Å². The Bertz CT molecular complexity index is 1080. The standard InChI is InChI=1S/C21H25N5O3S/c1-5-10-26-16-9-7-6-8-14(16)18-19(26)23-21(25-24-18)30-12-17(27)22-15(11-13(2)3)20(28)29-4/h5-9,13,15H,1,10-12H2,2-4H3,(H,22,27). The van der Waals surface area contributed by atoms with Crippen molar-refractivity contribution >= 4 is 45.7 Å². The normalized spacial score (nSPS) is 12.3. The van der Waals surface area contributed by atoms with Crippen LogP contribution < -0.4 is 5.32 Å². The van der Waals surface area contributed by atoms with Crippen molar-refractivity contribution in [3.8, 4) is 0 Å². The lowest BCUT2D eigenvalue weighted by molar-refractivity contribution is -0.145. The molecule has 0 aliphatic rings. The molecule has 0 bridgehead atoms. The van der Waals surface area contributed by atoms with E-state index in [2.05, 4.69) is 27.1 Å². The van der Waals surface area contributed by atoms with E-state index in [1.165, 1.54) is 18.9 Å². The summed E-state index contributed by atoms with van der Waals surface area (Å²) in [6, 6.07) is 7.23. The van der Waals surface area contributed by atoms with Gasteiger partial charge in [-0.1, -0.05) is 49.9 Å². The highest BCUT2D eigenvalue weighted by molar-refractivity contribution is 7.99. The molecular weight excluding hydrogens is 402 g/mol. The van der Waals surface area contributed by atoms with E-state index in [9.17, 15) is 9.59 Å². The fourth-order valence-electron chi connectivity index (χ4n) is 3.26. The molecule has 1 amide bonds. The molecule has 8 nitrogen and oxygen atoms in total. The van der Waals surface area contributed by atoms with Gasteiger partial charge in [0.1, 0.15) is 11.6 Å². The third-order valence-electron chi connectivity index (χ3n) is 4.53. The van der Waals surface area contributed by atoms with Crippen LogP contribution in [0.2, 0.25) is 0 Å². The van der Waals surface area contributed by atoms with E-state index in [-0.39, 0.29) is 17.6 Å². The van der Waals surface area contributed by atoms with Crippen LogP contribution in [0, 0.1) is 5.92 Å². The summed E-state index contributed by atoms with van der Waals surface area (Å²) in [5, 5.41) is 12.6. The number of rotatable bonds is 9. The molecule has 0 spiro atoms. The van der Waals surface area contributed by atoms with Crippen LogP contribution in [0.3, 0.4) is 0 Å². The number of carbonyl (C=O) groups is 2. The number of nitrogens with one attached hydrogen (secondary N) is 1. The summed E-state index contributed by atoms with van der Waals surface area (Å²) in [7, 11) is 1.31. The SMILES string of the molecule is C=CCn1c2ccccc2c2nnc(SCC(=O)NC(CC(C)C)C(=O)OC)nc21. The maximum Gasteiger partial charge on any atom is 0.328 e. The quantitative estimate of drug-likeness (QED) is 0.318. The van der Waals surface area contributed by atoms with Gasteiger partial charge in [0.15, 0.2) is 5.65 Å². The van der Waals surface area contributed by atoms with Crippen LogP contribution in [0.25, 0.3) is 22.1 Å². The average Bonchev–Trinajstić information content (AvgIpc) is 3.04. The second kappa shape index (κ2) is 9.71.